The van der Waals surface area contributed by atoms with Gasteiger partial charge in [-0.3, -0.25) is 4.90 Å². The van der Waals surface area contributed by atoms with Crippen LogP contribution in [0.5, 0.6) is 11.8 Å². The number of benzene rings is 2. The van der Waals surface area contributed by atoms with E-state index in [4.69, 9.17) is 9.47 Å². The fourth-order valence-corrected chi connectivity index (χ4v) is 3.29. The zero-order valence-electron chi connectivity index (χ0n) is 15.2. The van der Waals surface area contributed by atoms with E-state index in [1.165, 1.54) is 11.1 Å². The Kier molecular flexibility index (Phi) is 5.72. The van der Waals surface area contributed by atoms with Gasteiger partial charge in [0.15, 0.2) is 0 Å². The van der Waals surface area contributed by atoms with Crippen molar-refractivity contribution in [2.24, 2.45) is 0 Å². The van der Waals surface area contributed by atoms with Crippen LogP contribution in [0, 0.1) is 0 Å². The molecular weight excluding hydrogens is 338 g/mol. The molecule has 1 atom stereocenters. The second-order valence-electron chi connectivity index (χ2n) is 6.70. The van der Waals surface area contributed by atoms with Crippen molar-refractivity contribution in [2.45, 2.75) is 19.1 Å². The number of ether oxygens (including phenoxy) is 2. The summed E-state index contributed by atoms with van der Waals surface area (Å²) in [7, 11) is 0. The van der Waals surface area contributed by atoms with Gasteiger partial charge in [0, 0.05) is 32.0 Å². The SMILES string of the molecule is c1ccc(C[C@@H]2CN(Cc3ccc(Oc4ncccn4)cc3)CCO2)cc1. The molecule has 0 saturated carbocycles. The van der Waals surface area contributed by atoms with E-state index in [2.05, 4.69) is 57.3 Å². The number of hydrogen-bond acceptors (Lipinski definition) is 5. The van der Waals surface area contributed by atoms with Crippen LogP contribution in [0.25, 0.3) is 0 Å². The first-order valence-electron chi connectivity index (χ1n) is 9.27. The van der Waals surface area contributed by atoms with Crippen LogP contribution in [0.4, 0.5) is 0 Å². The van der Waals surface area contributed by atoms with E-state index in [9.17, 15) is 0 Å². The summed E-state index contributed by atoms with van der Waals surface area (Å²) in [6.45, 7) is 3.60. The number of rotatable bonds is 6. The van der Waals surface area contributed by atoms with Crippen LogP contribution < -0.4 is 4.74 Å². The molecule has 1 saturated heterocycles. The Morgan fingerprint density at radius 2 is 1.70 bits per heavy atom. The summed E-state index contributed by atoms with van der Waals surface area (Å²) in [5.41, 5.74) is 2.59. The number of aromatic nitrogens is 2. The Hall–Kier alpha value is -2.76. The molecule has 0 bridgehead atoms. The highest BCUT2D eigenvalue weighted by Crippen LogP contribution is 2.19. The van der Waals surface area contributed by atoms with E-state index in [0.717, 1.165) is 38.4 Å². The van der Waals surface area contributed by atoms with E-state index in [1.807, 2.05) is 12.1 Å². The van der Waals surface area contributed by atoms with Crippen molar-refractivity contribution in [1.82, 2.24) is 14.9 Å². The maximum Gasteiger partial charge on any atom is 0.321 e. The fraction of sp³-hybridized carbons (Fsp3) is 0.273. The lowest BCUT2D eigenvalue weighted by Gasteiger charge is -2.33. The fourth-order valence-electron chi connectivity index (χ4n) is 3.29. The highest BCUT2D eigenvalue weighted by atomic mass is 16.5. The maximum absolute atomic E-state index is 5.96. The van der Waals surface area contributed by atoms with Crippen LogP contribution in [0.15, 0.2) is 73.1 Å². The summed E-state index contributed by atoms with van der Waals surface area (Å²) < 4.78 is 11.6. The molecule has 0 aliphatic carbocycles. The van der Waals surface area contributed by atoms with Crippen LogP contribution in [0.3, 0.4) is 0 Å². The normalized spacial score (nSPS) is 17.6. The van der Waals surface area contributed by atoms with Crippen LogP contribution in [-0.4, -0.2) is 40.7 Å². The molecule has 0 spiro atoms. The molecule has 2 heterocycles. The lowest BCUT2D eigenvalue weighted by atomic mass is 10.1. The predicted molar refractivity (Wildman–Crippen MR) is 104 cm³/mol. The molecule has 5 nitrogen and oxygen atoms in total. The van der Waals surface area contributed by atoms with Gasteiger partial charge in [-0.25, -0.2) is 9.97 Å². The first-order valence-corrected chi connectivity index (χ1v) is 9.27. The van der Waals surface area contributed by atoms with E-state index in [0.29, 0.717) is 6.01 Å². The van der Waals surface area contributed by atoms with Crippen molar-refractivity contribution in [3.8, 4) is 11.8 Å². The smallest absolute Gasteiger partial charge is 0.321 e. The molecule has 138 valence electrons. The Morgan fingerprint density at radius 1 is 0.926 bits per heavy atom. The minimum atomic E-state index is 0.249. The molecular formula is C22H23N3O2. The van der Waals surface area contributed by atoms with Crippen molar-refractivity contribution in [3.05, 3.63) is 84.2 Å². The summed E-state index contributed by atoms with van der Waals surface area (Å²) in [5, 5.41) is 0. The number of hydrogen-bond donors (Lipinski definition) is 0. The van der Waals surface area contributed by atoms with Gasteiger partial charge in [0.2, 0.25) is 0 Å². The molecule has 1 aliphatic heterocycles. The predicted octanol–water partition coefficient (Wildman–Crippen LogP) is 3.71. The van der Waals surface area contributed by atoms with E-state index < -0.39 is 0 Å². The van der Waals surface area contributed by atoms with Gasteiger partial charge in [-0.15, -0.1) is 0 Å². The topological polar surface area (TPSA) is 47.5 Å². The summed E-state index contributed by atoms with van der Waals surface area (Å²) in [5.74, 6) is 0.744. The minimum Gasteiger partial charge on any atom is -0.424 e. The molecule has 2 aromatic carbocycles. The highest BCUT2D eigenvalue weighted by molar-refractivity contribution is 5.29. The van der Waals surface area contributed by atoms with Crippen LogP contribution in [0.2, 0.25) is 0 Å². The molecule has 0 N–H and O–H groups in total. The Labute approximate surface area is 159 Å². The van der Waals surface area contributed by atoms with Crippen molar-refractivity contribution in [3.63, 3.8) is 0 Å². The van der Waals surface area contributed by atoms with Crippen LogP contribution >= 0.6 is 0 Å². The quantitative estimate of drug-likeness (QED) is 0.670. The molecule has 1 aromatic heterocycles. The Bertz CT molecular complexity index is 825. The largest absolute Gasteiger partial charge is 0.424 e. The lowest BCUT2D eigenvalue weighted by molar-refractivity contribution is -0.0304. The average Bonchev–Trinajstić information content (AvgIpc) is 2.71. The third-order valence-electron chi connectivity index (χ3n) is 4.61. The molecule has 1 aliphatic rings. The minimum absolute atomic E-state index is 0.249. The number of nitrogens with zero attached hydrogens (tertiary/aromatic N) is 3. The molecule has 1 fully saturated rings. The van der Waals surface area contributed by atoms with Gasteiger partial charge >= 0.3 is 6.01 Å². The zero-order valence-corrected chi connectivity index (χ0v) is 15.2. The third-order valence-corrected chi connectivity index (χ3v) is 4.61. The molecule has 3 aromatic rings. The second-order valence-corrected chi connectivity index (χ2v) is 6.70. The summed E-state index contributed by atoms with van der Waals surface area (Å²) in [6.07, 6.45) is 4.54. The van der Waals surface area contributed by atoms with Crippen LogP contribution in [0.1, 0.15) is 11.1 Å². The summed E-state index contributed by atoms with van der Waals surface area (Å²) >= 11 is 0. The van der Waals surface area contributed by atoms with Crippen molar-refractivity contribution in [1.29, 1.82) is 0 Å². The van der Waals surface area contributed by atoms with Gasteiger partial charge in [0.25, 0.3) is 0 Å². The van der Waals surface area contributed by atoms with E-state index >= 15 is 0 Å². The van der Waals surface area contributed by atoms with E-state index in [1.54, 1.807) is 18.5 Å². The van der Waals surface area contributed by atoms with Gasteiger partial charge in [-0.2, -0.15) is 0 Å². The summed E-state index contributed by atoms with van der Waals surface area (Å²) in [4.78, 5) is 10.6. The molecule has 0 amide bonds. The second kappa shape index (κ2) is 8.75. The molecule has 5 heteroatoms. The molecule has 4 rings (SSSR count). The number of morpholine rings is 1. The molecule has 27 heavy (non-hydrogen) atoms. The van der Waals surface area contributed by atoms with Crippen molar-refractivity contribution in [2.75, 3.05) is 19.7 Å². The standard InChI is InChI=1S/C22H23N3O2/c1-2-5-18(6-3-1)15-21-17-25(13-14-26-21)16-19-7-9-20(10-8-19)27-22-23-11-4-12-24-22/h1-12,21H,13-17H2/t21-/m1/s1. The Balaban J connectivity index is 1.32. The van der Waals surface area contributed by atoms with Gasteiger partial charge in [0.05, 0.1) is 12.7 Å². The molecule has 0 radical (unpaired) electrons. The van der Waals surface area contributed by atoms with E-state index in [-0.39, 0.29) is 6.10 Å². The monoisotopic (exact) mass is 361 g/mol. The third kappa shape index (κ3) is 5.12. The van der Waals surface area contributed by atoms with Gasteiger partial charge in [-0.1, -0.05) is 42.5 Å². The van der Waals surface area contributed by atoms with Gasteiger partial charge < -0.3 is 9.47 Å². The Morgan fingerprint density at radius 3 is 2.48 bits per heavy atom. The van der Waals surface area contributed by atoms with Gasteiger partial charge in [-0.05, 0) is 35.7 Å². The maximum atomic E-state index is 5.96. The van der Waals surface area contributed by atoms with Crippen molar-refractivity contribution >= 4 is 0 Å². The average molecular weight is 361 g/mol. The first-order chi connectivity index (χ1) is 13.3. The molecule has 0 unspecified atom stereocenters. The summed E-state index contributed by atoms with van der Waals surface area (Å²) in [6, 6.07) is 20.8. The highest BCUT2D eigenvalue weighted by Gasteiger charge is 2.20. The van der Waals surface area contributed by atoms with Crippen LogP contribution in [-0.2, 0) is 17.7 Å². The van der Waals surface area contributed by atoms with Gasteiger partial charge in [0.1, 0.15) is 5.75 Å². The van der Waals surface area contributed by atoms with Crippen molar-refractivity contribution < 1.29 is 9.47 Å². The lowest BCUT2D eigenvalue weighted by Crippen LogP contribution is -2.42. The zero-order chi connectivity index (χ0) is 18.3. The first kappa shape index (κ1) is 17.6.